The van der Waals surface area contributed by atoms with Crippen molar-refractivity contribution in [1.29, 1.82) is 0 Å². The van der Waals surface area contributed by atoms with Crippen molar-refractivity contribution in [1.82, 2.24) is 0 Å². The third-order valence-corrected chi connectivity index (χ3v) is 5.09. The Balaban J connectivity index is 2.34. The molecule has 0 aliphatic carbocycles. The summed E-state index contributed by atoms with van der Waals surface area (Å²) in [5, 5.41) is 0. The van der Waals surface area contributed by atoms with Crippen molar-refractivity contribution in [3.8, 4) is 0 Å². The fourth-order valence-corrected chi connectivity index (χ4v) is 3.39. The van der Waals surface area contributed by atoms with Crippen LogP contribution in [0.1, 0.15) is 51.5 Å². The number of thioether (sulfide) groups is 1. The van der Waals surface area contributed by atoms with Gasteiger partial charge in [0.15, 0.2) is 0 Å². The van der Waals surface area contributed by atoms with Crippen molar-refractivity contribution in [3.05, 3.63) is 29.8 Å². The molecule has 0 amide bonds. The van der Waals surface area contributed by atoms with E-state index >= 15 is 0 Å². The fraction of sp³-hybridized carbons (Fsp3) is 0.647. The summed E-state index contributed by atoms with van der Waals surface area (Å²) in [7, 11) is 0. The van der Waals surface area contributed by atoms with Crippen LogP contribution in [0, 0.1) is 12.8 Å². The van der Waals surface area contributed by atoms with Crippen LogP contribution in [0.2, 0.25) is 0 Å². The van der Waals surface area contributed by atoms with Crippen LogP contribution in [0.15, 0.2) is 29.2 Å². The van der Waals surface area contributed by atoms with E-state index in [1.165, 1.54) is 42.6 Å². The second-order valence-corrected chi connectivity index (χ2v) is 6.55. The molecule has 108 valence electrons. The maximum atomic E-state index is 6.30. The number of hydrogen-bond acceptors (Lipinski definition) is 2. The lowest BCUT2D eigenvalue weighted by molar-refractivity contribution is 0.396. The zero-order valence-electron chi connectivity index (χ0n) is 12.7. The summed E-state index contributed by atoms with van der Waals surface area (Å²) < 4.78 is 0. The molecule has 0 saturated carbocycles. The Bertz CT molecular complexity index is 351. The van der Waals surface area contributed by atoms with Gasteiger partial charge in [-0.3, -0.25) is 0 Å². The summed E-state index contributed by atoms with van der Waals surface area (Å²) in [5.41, 5.74) is 7.66. The Morgan fingerprint density at radius 3 is 2.58 bits per heavy atom. The zero-order chi connectivity index (χ0) is 14.1. The fourth-order valence-electron chi connectivity index (χ4n) is 2.39. The molecule has 0 fully saturated rings. The first-order chi connectivity index (χ1) is 9.17. The quantitative estimate of drug-likeness (QED) is 0.642. The number of rotatable bonds is 9. The van der Waals surface area contributed by atoms with E-state index in [2.05, 4.69) is 45.0 Å². The van der Waals surface area contributed by atoms with Crippen LogP contribution in [0.4, 0.5) is 0 Å². The highest BCUT2D eigenvalue weighted by Crippen LogP contribution is 2.25. The van der Waals surface area contributed by atoms with E-state index in [1.807, 2.05) is 11.8 Å². The second kappa shape index (κ2) is 9.44. The normalized spacial score (nSPS) is 14.3. The van der Waals surface area contributed by atoms with Gasteiger partial charge in [-0.2, -0.15) is 0 Å². The summed E-state index contributed by atoms with van der Waals surface area (Å²) in [5.74, 6) is 1.85. The van der Waals surface area contributed by atoms with Crippen LogP contribution in [-0.2, 0) is 0 Å². The molecule has 0 aliphatic heterocycles. The first-order valence-corrected chi connectivity index (χ1v) is 8.59. The van der Waals surface area contributed by atoms with Crippen LogP contribution in [-0.4, -0.2) is 11.8 Å². The highest BCUT2D eigenvalue weighted by Gasteiger charge is 2.12. The Kier molecular flexibility index (Phi) is 8.24. The topological polar surface area (TPSA) is 26.0 Å². The third-order valence-electron chi connectivity index (χ3n) is 3.73. The Morgan fingerprint density at radius 2 is 1.95 bits per heavy atom. The van der Waals surface area contributed by atoms with E-state index in [-0.39, 0.29) is 0 Å². The van der Waals surface area contributed by atoms with E-state index in [0.717, 1.165) is 11.7 Å². The van der Waals surface area contributed by atoms with Crippen LogP contribution in [0.5, 0.6) is 0 Å². The third kappa shape index (κ3) is 6.49. The Morgan fingerprint density at radius 1 is 1.21 bits per heavy atom. The second-order valence-electron chi connectivity index (χ2n) is 5.49. The summed E-state index contributed by atoms with van der Waals surface area (Å²) in [6.07, 6.45) is 6.42. The number of benzene rings is 1. The standard InChI is InChI=1S/C17H29NS/c1-4-6-10-15(5-2)12-16(18)13-19-17-11-8-7-9-14(17)3/h7-9,11,15-16H,4-6,10,12-13,18H2,1-3H3. The van der Waals surface area contributed by atoms with Crippen molar-refractivity contribution >= 4 is 11.8 Å². The molecule has 2 heteroatoms. The molecule has 2 N–H and O–H groups in total. The first-order valence-electron chi connectivity index (χ1n) is 7.61. The summed E-state index contributed by atoms with van der Waals surface area (Å²) in [6.45, 7) is 6.73. The van der Waals surface area contributed by atoms with Gasteiger partial charge in [0.05, 0.1) is 0 Å². The van der Waals surface area contributed by atoms with Crippen LogP contribution in [0.3, 0.4) is 0 Å². The molecule has 2 unspecified atom stereocenters. The molecule has 1 aromatic carbocycles. The van der Waals surface area contributed by atoms with E-state index in [1.54, 1.807) is 0 Å². The largest absolute Gasteiger partial charge is 0.327 e. The molecule has 1 aromatic rings. The van der Waals surface area contributed by atoms with Gasteiger partial charge >= 0.3 is 0 Å². The molecule has 1 rings (SSSR count). The van der Waals surface area contributed by atoms with Gasteiger partial charge < -0.3 is 5.73 Å². The van der Waals surface area contributed by atoms with Gasteiger partial charge in [-0.05, 0) is 30.9 Å². The number of nitrogens with two attached hydrogens (primary N) is 1. The minimum absolute atomic E-state index is 0.325. The molecular formula is C17H29NS. The van der Waals surface area contributed by atoms with Gasteiger partial charge in [0.2, 0.25) is 0 Å². The molecule has 0 spiro atoms. The zero-order valence-corrected chi connectivity index (χ0v) is 13.5. The summed E-state index contributed by atoms with van der Waals surface area (Å²) in [6, 6.07) is 8.89. The molecule has 0 bridgehead atoms. The van der Waals surface area contributed by atoms with Gasteiger partial charge in [0.1, 0.15) is 0 Å². The maximum absolute atomic E-state index is 6.30. The monoisotopic (exact) mass is 279 g/mol. The average molecular weight is 279 g/mol. The minimum Gasteiger partial charge on any atom is -0.327 e. The van der Waals surface area contributed by atoms with Gasteiger partial charge in [0, 0.05) is 16.7 Å². The SMILES string of the molecule is CCCCC(CC)CC(N)CSc1ccccc1C. The minimum atomic E-state index is 0.325. The predicted molar refractivity (Wildman–Crippen MR) is 87.8 cm³/mol. The van der Waals surface area contributed by atoms with E-state index in [0.29, 0.717) is 6.04 Å². The lowest BCUT2D eigenvalue weighted by Crippen LogP contribution is -2.26. The molecule has 0 aromatic heterocycles. The highest BCUT2D eigenvalue weighted by atomic mass is 32.2. The van der Waals surface area contributed by atoms with Gasteiger partial charge in [-0.15, -0.1) is 11.8 Å². The molecule has 0 aliphatic rings. The van der Waals surface area contributed by atoms with Crippen molar-refractivity contribution in [2.75, 3.05) is 5.75 Å². The average Bonchev–Trinajstić information content (AvgIpc) is 2.42. The van der Waals surface area contributed by atoms with Crippen LogP contribution >= 0.6 is 11.8 Å². The van der Waals surface area contributed by atoms with Crippen LogP contribution in [0.25, 0.3) is 0 Å². The molecule has 1 nitrogen and oxygen atoms in total. The van der Waals surface area contributed by atoms with Crippen molar-refractivity contribution in [3.63, 3.8) is 0 Å². The van der Waals surface area contributed by atoms with Gasteiger partial charge in [-0.25, -0.2) is 0 Å². The van der Waals surface area contributed by atoms with Gasteiger partial charge in [-0.1, -0.05) is 57.7 Å². The predicted octanol–water partition coefficient (Wildman–Crippen LogP) is 5.02. The number of unbranched alkanes of at least 4 members (excludes halogenated alkanes) is 1. The lowest BCUT2D eigenvalue weighted by Gasteiger charge is -2.19. The first kappa shape index (κ1) is 16.6. The molecule has 2 atom stereocenters. The Labute approximate surface area is 123 Å². The van der Waals surface area contributed by atoms with Crippen molar-refractivity contribution in [2.45, 2.75) is 63.8 Å². The maximum Gasteiger partial charge on any atom is 0.0136 e. The number of aryl methyl sites for hydroxylation is 1. The molecule has 0 saturated heterocycles. The molecular weight excluding hydrogens is 250 g/mol. The molecule has 0 heterocycles. The summed E-state index contributed by atoms with van der Waals surface area (Å²) >= 11 is 1.91. The van der Waals surface area contributed by atoms with Crippen LogP contribution < -0.4 is 5.73 Å². The van der Waals surface area contributed by atoms with Crippen molar-refractivity contribution in [2.24, 2.45) is 11.7 Å². The van der Waals surface area contributed by atoms with E-state index in [9.17, 15) is 0 Å². The van der Waals surface area contributed by atoms with E-state index in [4.69, 9.17) is 5.73 Å². The summed E-state index contributed by atoms with van der Waals surface area (Å²) in [4.78, 5) is 1.37. The van der Waals surface area contributed by atoms with Crippen molar-refractivity contribution < 1.29 is 0 Å². The van der Waals surface area contributed by atoms with E-state index < -0.39 is 0 Å². The highest BCUT2D eigenvalue weighted by molar-refractivity contribution is 7.99. The lowest BCUT2D eigenvalue weighted by atomic mass is 9.93. The molecule has 0 radical (unpaired) electrons. The smallest absolute Gasteiger partial charge is 0.0136 e. The Hall–Kier alpha value is -0.470. The number of hydrogen-bond donors (Lipinski definition) is 1. The molecule has 19 heavy (non-hydrogen) atoms. The van der Waals surface area contributed by atoms with Gasteiger partial charge in [0.25, 0.3) is 0 Å².